The molecule has 0 bridgehead atoms. The van der Waals surface area contributed by atoms with E-state index in [0.717, 1.165) is 26.8 Å². The average Bonchev–Trinajstić information content (AvgIpc) is 3.32. The second-order valence-electron chi connectivity index (χ2n) is 8.50. The largest absolute Gasteiger partial charge is 0.350 e. The molecule has 35 heavy (non-hydrogen) atoms. The molecule has 0 fully saturated rings. The smallest absolute Gasteiger partial charge is 0.332 e. The summed E-state index contributed by atoms with van der Waals surface area (Å²) in [5.74, 6) is -0.872. The summed E-state index contributed by atoms with van der Waals surface area (Å²) in [6.07, 6.45) is 0. The fourth-order valence-electron chi connectivity index (χ4n) is 3.69. The van der Waals surface area contributed by atoms with Crippen LogP contribution in [0, 0.1) is 20.8 Å². The van der Waals surface area contributed by atoms with E-state index in [9.17, 15) is 19.2 Å². The lowest BCUT2D eigenvalue weighted by Gasteiger charge is -2.13. The number of carbonyl (C=O) groups excluding carboxylic acids is 2. The van der Waals surface area contributed by atoms with Gasteiger partial charge in [-0.3, -0.25) is 19.0 Å². The van der Waals surface area contributed by atoms with Crippen molar-refractivity contribution < 1.29 is 9.59 Å². The highest BCUT2D eigenvalue weighted by Crippen LogP contribution is 2.17. The topological polar surface area (TPSA) is 102 Å². The molecule has 0 atom stereocenters. The van der Waals surface area contributed by atoms with Crippen molar-refractivity contribution in [3.05, 3.63) is 97.0 Å². The van der Waals surface area contributed by atoms with Gasteiger partial charge in [-0.2, -0.15) is 0 Å². The zero-order chi connectivity index (χ0) is 25.1. The number of carbonyl (C=O) groups is 2. The van der Waals surface area contributed by atoms with Crippen molar-refractivity contribution in [2.24, 2.45) is 0 Å². The quantitative estimate of drug-likeness (QED) is 0.416. The standard InChI is InChI=1S/C26H26N4O4S/c1-16-4-7-19(8-5-16)13-27-22(31)14-30-25(33)24-21(10-11-35-24)29(26(30)34)15-23(32)28-20-9-6-17(2)18(3)12-20/h4-12H,13-15H2,1-3H3,(H,27,31)(H,28,32). The molecule has 0 saturated heterocycles. The molecule has 9 heteroatoms. The van der Waals surface area contributed by atoms with Gasteiger partial charge in [0.25, 0.3) is 5.56 Å². The lowest BCUT2D eigenvalue weighted by Crippen LogP contribution is -2.44. The van der Waals surface area contributed by atoms with Crippen LogP contribution in [0.4, 0.5) is 5.69 Å². The minimum Gasteiger partial charge on any atom is -0.350 e. The van der Waals surface area contributed by atoms with Crippen molar-refractivity contribution in [2.45, 2.75) is 40.4 Å². The van der Waals surface area contributed by atoms with Gasteiger partial charge >= 0.3 is 5.69 Å². The Kier molecular flexibility index (Phi) is 6.97. The molecule has 4 aromatic rings. The SMILES string of the molecule is Cc1ccc(CNC(=O)Cn2c(=O)c3sccc3n(CC(=O)Nc3ccc(C)c(C)c3)c2=O)cc1. The van der Waals surface area contributed by atoms with E-state index in [4.69, 9.17) is 0 Å². The molecule has 2 heterocycles. The van der Waals surface area contributed by atoms with Gasteiger partial charge in [0, 0.05) is 12.2 Å². The zero-order valence-electron chi connectivity index (χ0n) is 19.8. The molecule has 2 amide bonds. The summed E-state index contributed by atoms with van der Waals surface area (Å²) in [6, 6.07) is 14.9. The minimum absolute atomic E-state index is 0.279. The third-order valence-electron chi connectivity index (χ3n) is 5.84. The molecule has 0 unspecified atom stereocenters. The predicted molar refractivity (Wildman–Crippen MR) is 138 cm³/mol. The van der Waals surface area contributed by atoms with Gasteiger partial charge in [0.2, 0.25) is 11.8 Å². The summed E-state index contributed by atoms with van der Waals surface area (Å²) in [4.78, 5) is 51.5. The molecule has 2 aromatic carbocycles. The van der Waals surface area contributed by atoms with Crippen molar-refractivity contribution in [3.8, 4) is 0 Å². The Balaban J connectivity index is 1.56. The Morgan fingerprint density at radius 2 is 1.57 bits per heavy atom. The van der Waals surface area contributed by atoms with Gasteiger partial charge in [0.05, 0.1) is 5.52 Å². The van der Waals surface area contributed by atoms with E-state index in [1.165, 1.54) is 15.9 Å². The molecule has 0 spiro atoms. The minimum atomic E-state index is -0.707. The third kappa shape index (κ3) is 5.41. The van der Waals surface area contributed by atoms with Gasteiger partial charge in [-0.1, -0.05) is 35.9 Å². The second-order valence-corrected chi connectivity index (χ2v) is 9.42. The van der Waals surface area contributed by atoms with Gasteiger partial charge in [-0.05, 0) is 61.0 Å². The number of thiophene rings is 1. The number of fused-ring (bicyclic) bond motifs is 1. The maximum absolute atomic E-state index is 13.2. The highest BCUT2D eigenvalue weighted by atomic mass is 32.1. The van der Waals surface area contributed by atoms with Crippen LogP contribution < -0.4 is 21.9 Å². The van der Waals surface area contributed by atoms with E-state index in [0.29, 0.717) is 15.9 Å². The Bertz CT molecular complexity index is 1530. The van der Waals surface area contributed by atoms with E-state index in [1.54, 1.807) is 17.5 Å². The number of hydrogen-bond donors (Lipinski definition) is 2. The van der Waals surface area contributed by atoms with Crippen LogP contribution in [-0.2, 0) is 29.2 Å². The van der Waals surface area contributed by atoms with E-state index < -0.39 is 29.6 Å². The molecule has 0 aliphatic rings. The zero-order valence-corrected chi connectivity index (χ0v) is 20.6. The van der Waals surface area contributed by atoms with Gasteiger partial charge < -0.3 is 10.6 Å². The van der Waals surface area contributed by atoms with Crippen molar-refractivity contribution in [1.82, 2.24) is 14.5 Å². The molecule has 0 aliphatic heterocycles. The molecule has 0 radical (unpaired) electrons. The summed E-state index contributed by atoms with van der Waals surface area (Å²) >= 11 is 1.17. The lowest BCUT2D eigenvalue weighted by atomic mass is 10.1. The summed E-state index contributed by atoms with van der Waals surface area (Å²) in [7, 11) is 0. The van der Waals surface area contributed by atoms with E-state index in [2.05, 4.69) is 10.6 Å². The molecule has 2 aromatic heterocycles. The molecule has 8 nitrogen and oxygen atoms in total. The number of amides is 2. The van der Waals surface area contributed by atoms with Crippen molar-refractivity contribution in [1.29, 1.82) is 0 Å². The predicted octanol–water partition coefficient (Wildman–Crippen LogP) is 3.11. The number of nitrogens with one attached hydrogen (secondary N) is 2. The molecule has 180 valence electrons. The van der Waals surface area contributed by atoms with Gasteiger partial charge in [0.1, 0.15) is 17.8 Å². The number of aromatic nitrogens is 2. The van der Waals surface area contributed by atoms with Crippen LogP contribution in [-0.4, -0.2) is 20.9 Å². The van der Waals surface area contributed by atoms with Crippen molar-refractivity contribution in [3.63, 3.8) is 0 Å². The Morgan fingerprint density at radius 1 is 0.857 bits per heavy atom. The second kappa shape index (κ2) is 10.1. The summed E-state index contributed by atoms with van der Waals surface area (Å²) in [5.41, 5.74) is 3.90. The van der Waals surface area contributed by atoms with Crippen LogP contribution in [0.3, 0.4) is 0 Å². The molecule has 2 N–H and O–H groups in total. The van der Waals surface area contributed by atoms with E-state index >= 15 is 0 Å². The highest BCUT2D eigenvalue weighted by Gasteiger charge is 2.18. The Hall–Kier alpha value is -3.98. The normalized spacial score (nSPS) is 10.9. The molecular weight excluding hydrogens is 464 g/mol. The third-order valence-corrected chi connectivity index (χ3v) is 6.73. The monoisotopic (exact) mass is 490 g/mol. The lowest BCUT2D eigenvalue weighted by molar-refractivity contribution is -0.122. The van der Waals surface area contributed by atoms with Gasteiger partial charge in [0.15, 0.2) is 0 Å². The first kappa shape index (κ1) is 24.2. The van der Waals surface area contributed by atoms with Crippen LogP contribution >= 0.6 is 11.3 Å². The fourth-order valence-corrected chi connectivity index (χ4v) is 4.54. The maximum Gasteiger partial charge on any atom is 0.332 e. The first-order chi connectivity index (χ1) is 16.7. The van der Waals surface area contributed by atoms with Crippen molar-refractivity contribution >= 4 is 39.1 Å². The van der Waals surface area contributed by atoms with Crippen LogP contribution in [0.2, 0.25) is 0 Å². The number of benzene rings is 2. The van der Waals surface area contributed by atoms with Crippen molar-refractivity contribution in [2.75, 3.05) is 5.32 Å². The van der Waals surface area contributed by atoms with Crippen LogP contribution in [0.5, 0.6) is 0 Å². The van der Waals surface area contributed by atoms with Crippen LogP contribution in [0.1, 0.15) is 22.3 Å². The first-order valence-electron chi connectivity index (χ1n) is 11.1. The van der Waals surface area contributed by atoms with E-state index in [-0.39, 0.29) is 13.1 Å². The summed E-state index contributed by atoms with van der Waals surface area (Å²) in [5, 5.41) is 7.23. The van der Waals surface area contributed by atoms with Crippen LogP contribution in [0.25, 0.3) is 10.2 Å². The van der Waals surface area contributed by atoms with Gasteiger partial charge in [-0.15, -0.1) is 11.3 Å². The Labute approximate surface area is 205 Å². The van der Waals surface area contributed by atoms with E-state index in [1.807, 2.05) is 57.2 Å². The number of aryl methyl sites for hydroxylation is 3. The number of nitrogens with zero attached hydrogens (tertiary/aromatic N) is 2. The molecule has 0 saturated carbocycles. The Morgan fingerprint density at radius 3 is 2.29 bits per heavy atom. The summed E-state index contributed by atoms with van der Waals surface area (Å²) in [6.45, 7) is 5.46. The summed E-state index contributed by atoms with van der Waals surface area (Å²) < 4.78 is 2.43. The maximum atomic E-state index is 13.2. The molecule has 0 aliphatic carbocycles. The number of hydrogen-bond acceptors (Lipinski definition) is 5. The fraction of sp³-hybridized carbons (Fsp3) is 0.231. The molecule has 4 rings (SSSR count). The first-order valence-corrected chi connectivity index (χ1v) is 12.0. The van der Waals surface area contributed by atoms with Crippen LogP contribution in [0.15, 0.2) is 63.5 Å². The molecular formula is C26H26N4O4S. The highest BCUT2D eigenvalue weighted by molar-refractivity contribution is 7.17. The van der Waals surface area contributed by atoms with Gasteiger partial charge in [-0.25, -0.2) is 9.36 Å². The number of anilines is 1. The number of rotatable bonds is 7. The average molecular weight is 491 g/mol.